The predicted octanol–water partition coefficient (Wildman–Crippen LogP) is 1.88. The molecule has 0 bridgehead atoms. The number of aromatic nitrogens is 2. The first-order chi connectivity index (χ1) is 9.70. The molecular formula is C13H17N5S2. The van der Waals surface area contributed by atoms with Crippen LogP contribution in [0.5, 0.6) is 0 Å². The maximum Gasteiger partial charge on any atom is 0.180 e. The maximum atomic E-state index is 5.76. The number of anilines is 2. The summed E-state index contributed by atoms with van der Waals surface area (Å²) in [5, 5.41) is 3.29. The molecule has 0 radical (unpaired) electrons. The van der Waals surface area contributed by atoms with E-state index in [-0.39, 0.29) is 0 Å². The fourth-order valence-corrected chi connectivity index (χ4v) is 3.71. The zero-order valence-electron chi connectivity index (χ0n) is 11.1. The summed E-state index contributed by atoms with van der Waals surface area (Å²) in [7, 11) is 0. The molecular weight excluding hydrogens is 290 g/mol. The van der Waals surface area contributed by atoms with Gasteiger partial charge in [0.25, 0.3) is 0 Å². The largest absolute Gasteiger partial charge is 0.375 e. The van der Waals surface area contributed by atoms with Gasteiger partial charge in [-0.3, -0.25) is 4.90 Å². The monoisotopic (exact) mass is 307 g/mol. The number of thiazole rings is 2. The van der Waals surface area contributed by atoms with Crippen LogP contribution in [0.3, 0.4) is 0 Å². The molecule has 106 valence electrons. The third-order valence-corrected chi connectivity index (χ3v) is 4.99. The van der Waals surface area contributed by atoms with Gasteiger partial charge in [-0.15, -0.1) is 22.7 Å². The summed E-state index contributed by atoms with van der Waals surface area (Å²) in [4.78, 5) is 12.4. The fourth-order valence-electron chi connectivity index (χ4n) is 2.31. The second-order valence-electron chi connectivity index (χ2n) is 4.74. The second-order valence-corrected chi connectivity index (χ2v) is 6.74. The van der Waals surface area contributed by atoms with Crippen molar-refractivity contribution in [3.63, 3.8) is 0 Å². The summed E-state index contributed by atoms with van der Waals surface area (Å²) in [5.41, 5.74) is 13.5. The molecule has 0 aromatic carbocycles. The van der Waals surface area contributed by atoms with E-state index in [4.69, 9.17) is 11.5 Å². The Labute approximate surface area is 126 Å². The van der Waals surface area contributed by atoms with Crippen LogP contribution in [0, 0.1) is 0 Å². The molecule has 0 spiro atoms. The number of rotatable bonds is 3. The minimum atomic E-state index is 0.618. The number of nitrogens with zero attached hydrogens (tertiary/aromatic N) is 3. The molecule has 0 fully saturated rings. The average molecular weight is 307 g/mol. The van der Waals surface area contributed by atoms with Gasteiger partial charge in [0.15, 0.2) is 10.3 Å². The molecule has 1 aliphatic rings. The number of nitrogen functional groups attached to an aromatic ring is 2. The molecule has 3 rings (SSSR count). The minimum Gasteiger partial charge on any atom is -0.375 e. The van der Waals surface area contributed by atoms with Crippen LogP contribution in [0.4, 0.5) is 10.3 Å². The highest BCUT2D eigenvalue weighted by Gasteiger charge is 2.16. The van der Waals surface area contributed by atoms with E-state index in [0.717, 1.165) is 38.2 Å². The zero-order valence-corrected chi connectivity index (χ0v) is 12.7. The van der Waals surface area contributed by atoms with Gasteiger partial charge < -0.3 is 11.5 Å². The van der Waals surface area contributed by atoms with E-state index in [1.165, 1.54) is 21.9 Å². The summed E-state index contributed by atoms with van der Waals surface area (Å²) in [5.74, 6) is 0. The quantitative estimate of drug-likeness (QED) is 0.905. The van der Waals surface area contributed by atoms with Crippen LogP contribution in [0.2, 0.25) is 0 Å². The molecule has 2 aromatic rings. The van der Waals surface area contributed by atoms with Gasteiger partial charge in [0.2, 0.25) is 0 Å². The highest BCUT2D eigenvalue weighted by molar-refractivity contribution is 7.15. The molecule has 0 unspecified atom stereocenters. The number of hydrogen-bond acceptors (Lipinski definition) is 7. The first-order valence-corrected chi connectivity index (χ1v) is 8.24. The van der Waals surface area contributed by atoms with Crippen LogP contribution >= 0.6 is 22.7 Å². The number of hydrogen-bond donors (Lipinski definition) is 2. The lowest BCUT2D eigenvalue weighted by atomic mass is 10.2. The summed E-state index contributed by atoms with van der Waals surface area (Å²) in [6.45, 7) is 3.01. The SMILES string of the molecule is Nc1nc(/C=C/CN2CCc3nc(N)sc3CC2)cs1. The molecule has 0 atom stereocenters. The predicted molar refractivity (Wildman–Crippen MR) is 85.9 cm³/mol. The van der Waals surface area contributed by atoms with Crippen molar-refractivity contribution in [3.05, 3.63) is 27.7 Å². The normalized spacial score (nSPS) is 16.4. The summed E-state index contributed by atoms with van der Waals surface area (Å²) in [6.07, 6.45) is 6.21. The van der Waals surface area contributed by atoms with Gasteiger partial charge in [-0.1, -0.05) is 6.08 Å². The first kappa shape index (κ1) is 13.5. The highest BCUT2D eigenvalue weighted by atomic mass is 32.1. The maximum absolute atomic E-state index is 5.76. The Hall–Kier alpha value is -1.44. The first-order valence-electron chi connectivity index (χ1n) is 6.54. The Kier molecular flexibility index (Phi) is 4.00. The standard InChI is InChI=1S/C13H17N5S2/c14-12-16-9(8-19-12)2-1-5-18-6-3-10-11(4-7-18)20-13(15)17-10/h1-2,8H,3-7H2,(H2,14,16)(H2,15,17)/b2-1+. The van der Waals surface area contributed by atoms with Crippen LogP contribution in [-0.2, 0) is 12.8 Å². The molecule has 0 saturated heterocycles. The Morgan fingerprint density at radius 3 is 2.85 bits per heavy atom. The minimum absolute atomic E-state index is 0.618. The van der Waals surface area contributed by atoms with Crippen molar-refractivity contribution >= 4 is 39.0 Å². The van der Waals surface area contributed by atoms with Gasteiger partial charge in [0.05, 0.1) is 11.4 Å². The summed E-state index contributed by atoms with van der Waals surface area (Å²) in [6, 6.07) is 0. The molecule has 2 aromatic heterocycles. The van der Waals surface area contributed by atoms with Crippen LogP contribution in [0.15, 0.2) is 11.5 Å². The molecule has 1 aliphatic heterocycles. The van der Waals surface area contributed by atoms with E-state index in [1.807, 2.05) is 11.5 Å². The van der Waals surface area contributed by atoms with Crippen LogP contribution in [0.1, 0.15) is 16.3 Å². The molecule has 0 amide bonds. The van der Waals surface area contributed by atoms with Crippen LogP contribution < -0.4 is 11.5 Å². The lowest BCUT2D eigenvalue weighted by Gasteiger charge is -2.17. The van der Waals surface area contributed by atoms with Gasteiger partial charge in [-0.25, -0.2) is 9.97 Å². The lowest BCUT2D eigenvalue weighted by molar-refractivity contribution is 0.318. The van der Waals surface area contributed by atoms with E-state index in [1.54, 1.807) is 11.3 Å². The number of nitrogens with two attached hydrogens (primary N) is 2. The van der Waals surface area contributed by atoms with Crippen molar-refractivity contribution < 1.29 is 0 Å². The van der Waals surface area contributed by atoms with Crippen LogP contribution in [-0.4, -0.2) is 34.5 Å². The summed E-state index contributed by atoms with van der Waals surface area (Å²) >= 11 is 3.10. The van der Waals surface area contributed by atoms with Gasteiger partial charge in [-0.2, -0.15) is 0 Å². The van der Waals surface area contributed by atoms with E-state index < -0.39 is 0 Å². The molecule has 0 saturated carbocycles. The van der Waals surface area contributed by atoms with Crippen molar-refractivity contribution in [2.75, 3.05) is 31.1 Å². The molecule has 7 heteroatoms. The Morgan fingerprint density at radius 2 is 2.05 bits per heavy atom. The third kappa shape index (κ3) is 3.17. The van der Waals surface area contributed by atoms with E-state index >= 15 is 0 Å². The second kappa shape index (κ2) is 5.90. The van der Waals surface area contributed by atoms with E-state index in [2.05, 4.69) is 20.9 Å². The van der Waals surface area contributed by atoms with Crippen LogP contribution in [0.25, 0.3) is 6.08 Å². The highest BCUT2D eigenvalue weighted by Crippen LogP contribution is 2.24. The Bertz CT molecular complexity index is 591. The van der Waals surface area contributed by atoms with E-state index in [0.29, 0.717) is 10.3 Å². The fraction of sp³-hybridized carbons (Fsp3) is 0.385. The Balaban J connectivity index is 1.55. The molecule has 5 nitrogen and oxygen atoms in total. The van der Waals surface area contributed by atoms with Gasteiger partial charge >= 0.3 is 0 Å². The topological polar surface area (TPSA) is 81.1 Å². The van der Waals surface area contributed by atoms with Crippen molar-refractivity contribution in [3.8, 4) is 0 Å². The van der Waals surface area contributed by atoms with E-state index in [9.17, 15) is 0 Å². The van der Waals surface area contributed by atoms with Gasteiger partial charge in [0, 0.05) is 36.3 Å². The molecule has 20 heavy (non-hydrogen) atoms. The third-order valence-electron chi connectivity index (χ3n) is 3.31. The zero-order chi connectivity index (χ0) is 13.9. The van der Waals surface area contributed by atoms with Crippen molar-refractivity contribution in [2.45, 2.75) is 12.8 Å². The van der Waals surface area contributed by atoms with Crippen molar-refractivity contribution in [1.82, 2.24) is 14.9 Å². The molecule has 4 N–H and O–H groups in total. The van der Waals surface area contributed by atoms with Gasteiger partial charge in [-0.05, 0) is 12.5 Å². The molecule has 0 aliphatic carbocycles. The smallest absolute Gasteiger partial charge is 0.180 e. The number of fused-ring (bicyclic) bond motifs is 1. The average Bonchev–Trinajstić information content (AvgIpc) is 2.93. The molecule has 3 heterocycles. The van der Waals surface area contributed by atoms with Crippen molar-refractivity contribution in [1.29, 1.82) is 0 Å². The summed E-state index contributed by atoms with van der Waals surface area (Å²) < 4.78 is 0. The Morgan fingerprint density at radius 1 is 1.20 bits per heavy atom. The van der Waals surface area contributed by atoms with Crippen molar-refractivity contribution in [2.24, 2.45) is 0 Å². The lowest BCUT2D eigenvalue weighted by Crippen LogP contribution is -2.26. The van der Waals surface area contributed by atoms with Gasteiger partial charge in [0.1, 0.15) is 0 Å².